The molecular weight excluding hydrogens is 158 g/mol. The normalized spacial score (nSPS) is 25.4. The fraction of sp³-hybridized carbons (Fsp3) is 1.00. The smallest absolute Gasteiger partial charge is 0.00931 e. The zero-order valence-electron chi connectivity index (χ0n) is 9.47. The van der Waals surface area contributed by atoms with Crippen molar-refractivity contribution in [2.24, 2.45) is 11.8 Å². The van der Waals surface area contributed by atoms with Crippen LogP contribution in [0, 0.1) is 11.8 Å². The molecule has 0 amide bonds. The molecule has 2 atom stereocenters. The Morgan fingerprint density at radius 2 is 2.00 bits per heavy atom. The lowest BCUT2D eigenvalue weighted by atomic mass is 9.93. The molecule has 1 fully saturated rings. The second-order valence-corrected chi connectivity index (χ2v) is 5.00. The molecular formula is C12H25N. The first-order valence-corrected chi connectivity index (χ1v) is 5.93. The summed E-state index contributed by atoms with van der Waals surface area (Å²) in [6.45, 7) is 8.29. The molecule has 0 bridgehead atoms. The summed E-state index contributed by atoms with van der Waals surface area (Å²) in [7, 11) is 0. The molecule has 1 nitrogen and oxygen atoms in total. The van der Waals surface area contributed by atoms with Gasteiger partial charge in [0, 0.05) is 6.04 Å². The fourth-order valence-electron chi connectivity index (χ4n) is 2.25. The molecule has 13 heavy (non-hydrogen) atoms. The van der Waals surface area contributed by atoms with Crippen LogP contribution >= 0.6 is 0 Å². The van der Waals surface area contributed by atoms with Crippen molar-refractivity contribution in [2.75, 3.05) is 6.54 Å². The average molecular weight is 183 g/mol. The lowest BCUT2D eigenvalue weighted by Crippen LogP contribution is -2.28. The lowest BCUT2D eigenvalue weighted by Gasteiger charge is -2.19. The van der Waals surface area contributed by atoms with Crippen molar-refractivity contribution < 1.29 is 0 Å². The van der Waals surface area contributed by atoms with Crippen LogP contribution in [0.15, 0.2) is 0 Å². The Kier molecular flexibility index (Phi) is 4.79. The summed E-state index contributed by atoms with van der Waals surface area (Å²) in [5.41, 5.74) is 0. The summed E-state index contributed by atoms with van der Waals surface area (Å²) >= 11 is 0. The summed E-state index contributed by atoms with van der Waals surface area (Å²) in [6.07, 6.45) is 7.02. The van der Waals surface area contributed by atoms with Crippen molar-refractivity contribution in [1.29, 1.82) is 0 Å². The van der Waals surface area contributed by atoms with Gasteiger partial charge in [-0.3, -0.25) is 0 Å². The maximum atomic E-state index is 3.59. The van der Waals surface area contributed by atoms with Crippen LogP contribution in [-0.2, 0) is 0 Å². The highest BCUT2D eigenvalue weighted by molar-refractivity contribution is 4.78. The number of hydrogen-bond donors (Lipinski definition) is 1. The van der Waals surface area contributed by atoms with E-state index < -0.39 is 0 Å². The van der Waals surface area contributed by atoms with Crippen LogP contribution in [0.4, 0.5) is 0 Å². The van der Waals surface area contributed by atoms with Gasteiger partial charge in [-0.2, -0.15) is 0 Å². The monoisotopic (exact) mass is 183 g/mol. The van der Waals surface area contributed by atoms with Gasteiger partial charge in [0.1, 0.15) is 0 Å². The van der Waals surface area contributed by atoms with Gasteiger partial charge in [0.05, 0.1) is 0 Å². The molecule has 1 aliphatic heterocycles. The third-order valence-electron chi connectivity index (χ3n) is 3.23. The molecule has 1 N–H and O–H groups in total. The average Bonchev–Trinajstić information content (AvgIpc) is 2.55. The van der Waals surface area contributed by atoms with E-state index in [1.54, 1.807) is 0 Å². The Hall–Kier alpha value is -0.0400. The van der Waals surface area contributed by atoms with Gasteiger partial charge in [-0.15, -0.1) is 0 Å². The van der Waals surface area contributed by atoms with E-state index in [2.05, 4.69) is 26.1 Å². The first kappa shape index (κ1) is 11.0. The Labute approximate surface area is 83.3 Å². The highest BCUT2D eigenvalue weighted by atomic mass is 14.9. The molecule has 1 rings (SSSR count). The molecule has 0 aromatic rings. The van der Waals surface area contributed by atoms with Gasteiger partial charge in [0.15, 0.2) is 0 Å². The van der Waals surface area contributed by atoms with Crippen LogP contribution < -0.4 is 5.32 Å². The summed E-state index contributed by atoms with van der Waals surface area (Å²) in [6, 6.07) is 0.826. The van der Waals surface area contributed by atoms with E-state index in [-0.39, 0.29) is 0 Å². The van der Waals surface area contributed by atoms with Crippen LogP contribution in [-0.4, -0.2) is 12.6 Å². The lowest BCUT2D eigenvalue weighted by molar-refractivity contribution is 0.370. The van der Waals surface area contributed by atoms with Gasteiger partial charge < -0.3 is 5.32 Å². The molecule has 78 valence electrons. The molecule has 1 aliphatic rings. The Morgan fingerprint density at radius 3 is 2.54 bits per heavy atom. The second kappa shape index (κ2) is 5.64. The van der Waals surface area contributed by atoms with Crippen LogP contribution in [0.25, 0.3) is 0 Å². The Balaban J connectivity index is 2.06. The SMILES string of the molecule is CC(C)CCCC(C)C1CCCN1. The van der Waals surface area contributed by atoms with Crippen molar-refractivity contribution in [3.05, 3.63) is 0 Å². The zero-order valence-corrected chi connectivity index (χ0v) is 9.47. The van der Waals surface area contributed by atoms with Crippen LogP contribution in [0.2, 0.25) is 0 Å². The standard InChI is InChI=1S/C12H25N/c1-10(2)6-4-7-11(3)12-8-5-9-13-12/h10-13H,4-9H2,1-3H3. The van der Waals surface area contributed by atoms with E-state index in [0.29, 0.717) is 0 Å². The molecule has 0 spiro atoms. The topological polar surface area (TPSA) is 12.0 Å². The van der Waals surface area contributed by atoms with Gasteiger partial charge in [-0.25, -0.2) is 0 Å². The molecule has 0 aromatic heterocycles. The second-order valence-electron chi connectivity index (χ2n) is 5.00. The first-order chi connectivity index (χ1) is 6.20. The number of nitrogens with one attached hydrogen (secondary N) is 1. The van der Waals surface area contributed by atoms with E-state index >= 15 is 0 Å². The molecule has 2 unspecified atom stereocenters. The first-order valence-electron chi connectivity index (χ1n) is 5.93. The quantitative estimate of drug-likeness (QED) is 0.690. The molecule has 0 aliphatic carbocycles. The van der Waals surface area contributed by atoms with Crippen LogP contribution in [0.5, 0.6) is 0 Å². The molecule has 0 aromatic carbocycles. The predicted octanol–water partition coefficient (Wildman–Crippen LogP) is 3.20. The van der Waals surface area contributed by atoms with E-state index in [1.807, 2.05) is 0 Å². The largest absolute Gasteiger partial charge is 0.314 e. The summed E-state index contributed by atoms with van der Waals surface area (Å²) in [5.74, 6) is 1.77. The highest BCUT2D eigenvalue weighted by Crippen LogP contribution is 2.20. The van der Waals surface area contributed by atoms with Crippen LogP contribution in [0.3, 0.4) is 0 Å². The maximum Gasteiger partial charge on any atom is 0.00931 e. The number of rotatable bonds is 5. The van der Waals surface area contributed by atoms with Crippen molar-refractivity contribution in [1.82, 2.24) is 5.32 Å². The molecule has 1 saturated heterocycles. The van der Waals surface area contributed by atoms with Crippen molar-refractivity contribution >= 4 is 0 Å². The van der Waals surface area contributed by atoms with Gasteiger partial charge in [0.25, 0.3) is 0 Å². The van der Waals surface area contributed by atoms with Gasteiger partial charge in [-0.05, 0) is 37.6 Å². The van der Waals surface area contributed by atoms with Crippen molar-refractivity contribution in [3.63, 3.8) is 0 Å². The van der Waals surface area contributed by atoms with Crippen molar-refractivity contribution in [3.8, 4) is 0 Å². The maximum absolute atomic E-state index is 3.59. The van der Waals surface area contributed by atoms with E-state index in [0.717, 1.165) is 17.9 Å². The molecule has 0 saturated carbocycles. The minimum Gasteiger partial charge on any atom is -0.314 e. The number of hydrogen-bond acceptors (Lipinski definition) is 1. The highest BCUT2D eigenvalue weighted by Gasteiger charge is 2.19. The summed E-state index contributed by atoms with van der Waals surface area (Å²) in [4.78, 5) is 0. The molecule has 1 heteroatoms. The Morgan fingerprint density at radius 1 is 1.23 bits per heavy atom. The van der Waals surface area contributed by atoms with Gasteiger partial charge in [0.2, 0.25) is 0 Å². The molecule has 1 heterocycles. The zero-order chi connectivity index (χ0) is 9.68. The van der Waals surface area contributed by atoms with Crippen molar-refractivity contribution in [2.45, 2.75) is 58.9 Å². The third kappa shape index (κ3) is 4.12. The third-order valence-corrected chi connectivity index (χ3v) is 3.23. The summed E-state index contributed by atoms with van der Waals surface area (Å²) < 4.78 is 0. The minimum absolute atomic E-state index is 0.826. The van der Waals surface area contributed by atoms with Gasteiger partial charge in [-0.1, -0.05) is 33.6 Å². The van der Waals surface area contributed by atoms with Gasteiger partial charge >= 0.3 is 0 Å². The van der Waals surface area contributed by atoms with E-state index in [4.69, 9.17) is 0 Å². The van der Waals surface area contributed by atoms with Crippen LogP contribution in [0.1, 0.15) is 52.9 Å². The predicted molar refractivity (Wildman–Crippen MR) is 58.9 cm³/mol. The van der Waals surface area contributed by atoms with E-state index in [1.165, 1.54) is 38.6 Å². The van der Waals surface area contributed by atoms with E-state index in [9.17, 15) is 0 Å². The fourth-order valence-corrected chi connectivity index (χ4v) is 2.25. The minimum atomic E-state index is 0.826. The summed E-state index contributed by atoms with van der Waals surface area (Å²) in [5, 5.41) is 3.59. The Bertz CT molecular complexity index is 125. The molecule has 0 radical (unpaired) electrons.